The zero-order valence-electron chi connectivity index (χ0n) is 18.9. The van der Waals surface area contributed by atoms with Crippen LogP contribution in [0, 0.1) is 6.92 Å². The normalized spacial score (nSPS) is 10.9. The van der Waals surface area contributed by atoms with E-state index >= 15 is 0 Å². The van der Waals surface area contributed by atoms with Crippen LogP contribution in [0.5, 0.6) is 17.2 Å². The molecule has 0 saturated carbocycles. The molecule has 0 heterocycles. The van der Waals surface area contributed by atoms with Crippen LogP contribution in [0.2, 0.25) is 0 Å². The predicted octanol–water partition coefficient (Wildman–Crippen LogP) is 3.85. The highest BCUT2D eigenvalue weighted by Crippen LogP contribution is 2.35. The molecule has 9 heteroatoms. The van der Waals surface area contributed by atoms with Crippen molar-refractivity contribution in [2.45, 2.75) is 11.8 Å². The number of ether oxygens (including phenoxy) is 3. The van der Waals surface area contributed by atoms with E-state index in [1.807, 2.05) is 6.92 Å². The van der Waals surface area contributed by atoms with Crippen LogP contribution in [-0.2, 0) is 14.8 Å². The van der Waals surface area contributed by atoms with Crippen molar-refractivity contribution in [3.05, 3.63) is 72.3 Å². The maximum Gasteiger partial charge on any atom is 0.264 e. The number of benzene rings is 3. The zero-order valence-corrected chi connectivity index (χ0v) is 19.7. The van der Waals surface area contributed by atoms with E-state index in [1.165, 1.54) is 33.5 Å². The van der Waals surface area contributed by atoms with Crippen molar-refractivity contribution in [3.63, 3.8) is 0 Å². The molecule has 3 rings (SSSR count). The molecule has 1 N–H and O–H groups in total. The maximum absolute atomic E-state index is 13.6. The van der Waals surface area contributed by atoms with Gasteiger partial charge < -0.3 is 19.5 Å². The quantitative estimate of drug-likeness (QED) is 0.511. The summed E-state index contributed by atoms with van der Waals surface area (Å²) in [6.45, 7) is 1.39. The number of rotatable bonds is 9. The number of sulfonamides is 1. The predicted molar refractivity (Wildman–Crippen MR) is 127 cm³/mol. The third kappa shape index (κ3) is 5.56. The molecule has 174 valence electrons. The van der Waals surface area contributed by atoms with Gasteiger partial charge in [0.05, 0.1) is 31.9 Å². The van der Waals surface area contributed by atoms with Crippen molar-refractivity contribution >= 4 is 27.3 Å². The number of methoxy groups -OCH3 is 3. The Labute approximate surface area is 193 Å². The first-order valence-corrected chi connectivity index (χ1v) is 11.5. The lowest BCUT2D eigenvalue weighted by molar-refractivity contribution is -0.114. The summed E-state index contributed by atoms with van der Waals surface area (Å²) in [5.41, 5.74) is 1.60. The van der Waals surface area contributed by atoms with Gasteiger partial charge in [0, 0.05) is 17.8 Å². The van der Waals surface area contributed by atoms with E-state index in [9.17, 15) is 13.2 Å². The molecule has 0 radical (unpaired) electrons. The summed E-state index contributed by atoms with van der Waals surface area (Å²) in [6, 6.07) is 17.9. The molecule has 0 fully saturated rings. The van der Waals surface area contributed by atoms with E-state index in [1.54, 1.807) is 54.6 Å². The van der Waals surface area contributed by atoms with Crippen LogP contribution in [-0.4, -0.2) is 42.2 Å². The molecule has 0 aliphatic rings. The number of carbonyl (C=O) groups is 1. The van der Waals surface area contributed by atoms with Gasteiger partial charge in [-0.1, -0.05) is 23.8 Å². The summed E-state index contributed by atoms with van der Waals surface area (Å²) in [5.74, 6) is 0.772. The maximum atomic E-state index is 13.6. The van der Waals surface area contributed by atoms with E-state index in [4.69, 9.17) is 14.2 Å². The first-order valence-electron chi connectivity index (χ1n) is 10.0. The highest BCUT2D eigenvalue weighted by atomic mass is 32.2. The summed E-state index contributed by atoms with van der Waals surface area (Å²) in [7, 11) is 0.343. The molecule has 0 spiro atoms. The Hall–Kier alpha value is -3.72. The van der Waals surface area contributed by atoms with Crippen LogP contribution in [0.4, 0.5) is 11.4 Å². The number of hydrogen-bond donors (Lipinski definition) is 1. The van der Waals surface area contributed by atoms with Gasteiger partial charge in [0.1, 0.15) is 23.8 Å². The Kier molecular flexibility index (Phi) is 7.44. The minimum Gasteiger partial charge on any atom is -0.497 e. The Morgan fingerprint density at radius 3 is 2.18 bits per heavy atom. The SMILES string of the molecule is COc1cccc(NC(=O)CN(c2ccc(OC)cc2OC)S(=O)(=O)c2ccc(C)cc2)c1. The highest BCUT2D eigenvalue weighted by molar-refractivity contribution is 7.92. The summed E-state index contributed by atoms with van der Waals surface area (Å²) in [4.78, 5) is 13.0. The summed E-state index contributed by atoms with van der Waals surface area (Å²) < 4.78 is 44.0. The Bertz CT molecular complexity index is 1230. The van der Waals surface area contributed by atoms with Crippen molar-refractivity contribution in [2.75, 3.05) is 37.5 Å². The van der Waals surface area contributed by atoms with Crippen LogP contribution in [0.3, 0.4) is 0 Å². The fourth-order valence-electron chi connectivity index (χ4n) is 3.16. The molecule has 0 saturated heterocycles. The largest absolute Gasteiger partial charge is 0.497 e. The number of aryl methyl sites for hydroxylation is 1. The van der Waals surface area contributed by atoms with E-state index in [2.05, 4.69) is 5.32 Å². The second-order valence-corrected chi connectivity index (χ2v) is 9.00. The molecule has 33 heavy (non-hydrogen) atoms. The van der Waals surface area contributed by atoms with E-state index < -0.39 is 22.5 Å². The number of anilines is 2. The van der Waals surface area contributed by atoms with E-state index in [-0.39, 0.29) is 16.3 Å². The number of nitrogens with one attached hydrogen (secondary N) is 1. The lowest BCUT2D eigenvalue weighted by atomic mass is 10.2. The number of amides is 1. The highest BCUT2D eigenvalue weighted by Gasteiger charge is 2.29. The van der Waals surface area contributed by atoms with Crippen molar-refractivity contribution in [3.8, 4) is 17.2 Å². The smallest absolute Gasteiger partial charge is 0.264 e. The van der Waals surface area contributed by atoms with Gasteiger partial charge in [0.15, 0.2) is 0 Å². The van der Waals surface area contributed by atoms with Crippen molar-refractivity contribution in [1.29, 1.82) is 0 Å². The fourth-order valence-corrected chi connectivity index (χ4v) is 4.59. The Balaban J connectivity index is 2.01. The number of hydrogen-bond acceptors (Lipinski definition) is 6. The Morgan fingerprint density at radius 2 is 1.55 bits per heavy atom. The minimum absolute atomic E-state index is 0.0557. The van der Waals surface area contributed by atoms with Crippen LogP contribution < -0.4 is 23.8 Å². The van der Waals surface area contributed by atoms with Crippen LogP contribution in [0.25, 0.3) is 0 Å². The van der Waals surface area contributed by atoms with Crippen LogP contribution in [0.1, 0.15) is 5.56 Å². The summed E-state index contributed by atoms with van der Waals surface area (Å²) in [5, 5.41) is 2.72. The lowest BCUT2D eigenvalue weighted by Crippen LogP contribution is -2.38. The average molecular weight is 471 g/mol. The second kappa shape index (κ2) is 10.3. The minimum atomic E-state index is -4.10. The molecule has 1 amide bonds. The van der Waals surface area contributed by atoms with Crippen molar-refractivity contribution in [2.24, 2.45) is 0 Å². The first-order chi connectivity index (χ1) is 15.8. The molecule has 0 aliphatic heterocycles. The molecule has 0 aromatic heterocycles. The standard InChI is InChI=1S/C24H26N2O6S/c1-17-8-11-21(12-9-17)33(28,29)26(22-13-10-20(31-3)15-23(22)32-4)16-24(27)25-18-6-5-7-19(14-18)30-2/h5-15H,16H2,1-4H3,(H,25,27). The monoisotopic (exact) mass is 470 g/mol. The third-order valence-electron chi connectivity index (χ3n) is 4.91. The van der Waals surface area contributed by atoms with Gasteiger partial charge in [0.25, 0.3) is 10.0 Å². The van der Waals surface area contributed by atoms with Crippen LogP contribution in [0.15, 0.2) is 71.6 Å². The van der Waals surface area contributed by atoms with Crippen molar-refractivity contribution < 1.29 is 27.4 Å². The van der Waals surface area contributed by atoms with Crippen LogP contribution >= 0.6 is 0 Å². The van der Waals surface area contributed by atoms with Gasteiger partial charge in [0.2, 0.25) is 5.91 Å². The third-order valence-corrected chi connectivity index (χ3v) is 6.68. The molecule has 0 unspecified atom stereocenters. The molecular weight excluding hydrogens is 444 g/mol. The number of carbonyl (C=O) groups excluding carboxylic acids is 1. The van der Waals surface area contributed by atoms with E-state index in [0.29, 0.717) is 17.2 Å². The zero-order chi connectivity index (χ0) is 24.0. The molecule has 0 atom stereocenters. The molecule has 3 aromatic rings. The molecule has 8 nitrogen and oxygen atoms in total. The van der Waals surface area contributed by atoms with Gasteiger partial charge >= 0.3 is 0 Å². The average Bonchev–Trinajstić information content (AvgIpc) is 2.82. The summed E-state index contributed by atoms with van der Waals surface area (Å²) >= 11 is 0. The van der Waals surface area contributed by atoms with Gasteiger partial charge in [-0.25, -0.2) is 8.42 Å². The second-order valence-electron chi connectivity index (χ2n) is 7.14. The molecular formula is C24H26N2O6S. The van der Waals surface area contributed by atoms with Gasteiger partial charge in [-0.15, -0.1) is 0 Å². The molecule has 3 aromatic carbocycles. The van der Waals surface area contributed by atoms with E-state index in [0.717, 1.165) is 9.87 Å². The summed E-state index contributed by atoms with van der Waals surface area (Å²) in [6.07, 6.45) is 0. The fraction of sp³-hybridized carbons (Fsp3) is 0.208. The van der Waals surface area contributed by atoms with Gasteiger partial charge in [-0.05, 0) is 43.3 Å². The van der Waals surface area contributed by atoms with Gasteiger partial charge in [-0.2, -0.15) is 0 Å². The number of nitrogens with zero attached hydrogens (tertiary/aromatic N) is 1. The van der Waals surface area contributed by atoms with Gasteiger partial charge in [-0.3, -0.25) is 9.10 Å². The topological polar surface area (TPSA) is 94.2 Å². The lowest BCUT2D eigenvalue weighted by Gasteiger charge is -2.26. The van der Waals surface area contributed by atoms with Crippen molar-refractivity contribution in [1.82, 2.24) is 0 Å². The first kappa shape index (κ1) is 23.9. The Morgan fingerprint density at radius 1 is 0.879 bits per heavy atom. The molecule has 0 bridgehead atoms. The molecule has 0 aliphatic carbocycles.